The first kappa shape index (κ1) is 13.8. The van der Waals surface area contributed by atoms with Crippen LogP contribution in [0.15, 0.2) is 29.4 Å². The summed E-state index contributed by atoms with van der Waals surface area (Å²) in [6.07, 6.45) is 2.86. The van der Waals surface area contributed by atoms with Crippen molar-refractivity contribution in [1.82, 2.24) is 5.01 Å². The molecule has 1 saturated carbocycles. The third-order valence-electron chi connectivity index (χ3n) is 4.78. The Hall–Kier alpha value is -2.17. The second kappa shape index (κ2) is 4.69. The SMILES string of the molecule is CC1=NN(C(C)c2ccc(C(=O)O)cc2)C(=O)C12CCC2. The molecule has 0 aromatic heterocycles. The fourth-order valence-electron chi connectivity index (χ4n) is 3.09. The van der Waals surface area contributed by atoms with Gasteiger partial charge in [0.05, 0.1) is 22.7 Å². The topological polar surface area (TPSA) is 70.0 Å². The maximum Gasteiger partial charge on any atom is 0.335 e. The van der Waals surface area contributed by atoms with Gasteiger partial charge in [-0.2, -0.15) is 5.10 Å². The molecule has 1 N–H and O–H groups in total. The van der Waals surface area contributed by atoms with Gasteiger partial charge in [0.1, 0.15) is 0 Å². The Kier molecular flexibility index (Phi) is 3.08. The highest BCUT2D eigenvalue weighted by Gasteiger charge is 2.53. The maximum atomic E-state index is 12.6. The largest absolute Gasteiger partial charge is 0.478 e. The molecule has 1 heterocycles. The van der Waals surface area contributed by atoms with Crippen molar-refractivity contribution in [3.05, 3.63) is 35.4 Å². The summed E-state index contributed by atoms with van der Waals surface area (Å²) < 4.78 is 0. The average molecular weight is 286 g/mol. The molecule has 5 heteroatoms. The minimum Gasteiger partial charge on any atom is -0.478 e. The number of carbonyl (C=O) groups is 2. The van der Waals surface area contributed by atoms with Crippen molar-refractivity contribution >= 4 is 17.6 Å². The summed E-state index contributed by atoms with van der Waals surface area (Å²) in [6, 6.07) is 6.43. The maximum absolute atomic E-state index is 12.6. The minimum absolute atomic E-state index is 0.0843. The highest BCUT2D eigenvalue weighted by Crippen LogP contribution is 2.48. The van der Waals surface area contributed by atoms with Crippen molar-refractivity contribution in [2.45, 2.75) is 39.2 Å². The van der Waals surface area contributed by atoms with Crippen LogP contribution < -0.4 is 0 Å². The second-order valence-electron chi connectivity index (χ2n) is 5.87. The van der Waals surface area contributed by atoms with Crippen molar-refractivity contribution in [3.63, 3.8) is 0 Å². The van der Waals surface area contributed by atoms with Gasteiger partial charge in [-0.25, -0.2) is 9.80 Å². The molecule has 1 amide bonds. The summed E-state index contributed by atoms with van der Waals surface area (Å²) in [5, 5.41) is 14.9. The van der Waals surface area contributed by atoms with Gasteiger partial charge in [0.15, 0.2) is 0 Å². The van der Waals surface area contributed by atoms with Gasteiger partial charge in [-0.15, -0.1) is 0 Å². The molecule has 1 spiro atoms. The fourth-order valence-corrected chi connectivity index (χ4v) is 3.09. The molecule has 2 aliphatic rings. The Balaban J connectivity index is 1.84. The number of carbonyl (C=O) groups excluding carboxylic acids is 1. The molecule has 110 valence electrons. The minimum atomic E-state index is -0.950. The zero-order chi connectivity index (χ0) is 15.2. The number of benzene rings is 1. The van der Waals surface area contributed by atoms with Crippen LogP contribution in [-0.4, -0.2) is 27.7 Å². The molecule has 1 aromatic carbocycles. The second-order valence-corrected chi connectivity index (χ2v) is 5.87. The summed E-state index contributed by atoms with van der Waals surface area (Å²) in [7, 11) is 0. The first-order valence-electron chi connectivity index (χ1n) is 7.18. The monoisotopic (exact) mass is 286 g/mol. The molecule has 3 rings (SSSR count). The van der Waals surface area contributed by atoms with Gasteiger partial charge in [0, 0.05) is 0 Å². The molecular formula is C16H18N2O3. The third-order valence-corrected chi connectivity index (χ3v) is 4.78. The first-order chi connectivity index (χ1) is 9.95. The zero-order valence-electron chi connectivity index (χ0n) is 12.2. The highest BCUT2D eigenvalue weighted by atomic mass is 16.4. The van der Waals surface area contributed by atoms with Gasteiger partial charge in [0.25, 0.3) is 5.91 Å². The molecule has 0 radical (unpaired) electrons. The number of nitrogens with zero attached hydrogens (tertiary/aromatic N) is 2. The number of hydrazone groups is 1. The number of aromatic carboxylic acids is 1. The van der Waals surface area contributed by atoms with E-state index in [4.69, 9.17) is 5.11 Å². The van der Waals surface area contributed by atoms with E-state index in [-0.39, 0.29) is 22.9 Å². The Labute approximate surface area is 123 Å². The van der Waals surface area contributed by atoms with Crippen LogP contribution in [0.4, 0.5) is 0 Å². The first-order valence-corrected chi connectivity index (χ1v) is 7.18. The van der Waals surface area contributed by atoms with Gasteiger partial charge >= 0.3 is 5.97 Å². The summed E-state index contributed by atoms with van der Waals surface area (Å²) in [4.78, 5) is 23.5. The lowest BCUT2D eigenvalue weighted by atomic mass is 9.66. The van der Waals surface area contributed by atoms with Gasteiger partial charge < -0.3 is 5.11 Å². The smallest absolute Gasteiger partial charge is 0.335 e. The lowest BCUT2D eigenvalue weighted by molar-refractivity contribution is -0.141. The standard InChI is InChI=1S/C16H18N2O3/c1-10(12-4-6-13(7-5-12)14(19)20)18-15(21)16(8-3-9-16)11(2)17-18/h4-7,10H,3,8-9H2,1-2H3,(H,19,20). The molecule has 1 fully saturated rings. The van der Waals surface area contributed by atoms with Gasteiger partial charge in [-0.05, 0) is 44.4 Å². The molecular weight excluding hydrogens is 268 g/mol. The number of carboxylic acid groups (broad SMARTS) is 1. The van der Waals surface area contributed by atoms with Crippen LogP contribution in [0.2, 0.25) is 0 Å². The van der Waals surface area contributed by atoms with Gasteiger partial charge in [0.2, 0.25) is 0 Å². The summed E-state index contributed by atoms with van der Waals surface area (Å²) >= 11 is 0. The molecule has 21 heavy (non-hydrogen) atoms. The molecule has 1 aliphatic heterocycles. The molecule has 0 bridgehead atoms. The molecule has 5 nitrogen and oxygen atoms in total. The predicted molar refractivity (Wildman–Crippen MR) is 78.1 cm³/mol. The number of carboxylic acids is 1. The van der Waals surface area contributed by atoms with E-state index < -0.39 is 5.97 Å². The lowest BCUT2D eigenvalue weighted by Gasteiger charge is -2.37. The van der Waals surface area contributed by atoms with E-state index in [1.165, 1.54) is 0 Å². The van der Waals surface area contributed by atoms with Crippen molar-refractivity contribution < 1.29 is 14.7 Å². The van der Waals surface area contributed by atoms with Crippen LogP contribution >= 0.6 is 0 Å². The Morgan fingerprint density at radius 1 is 1.33 bits per heavy atom. The summed E-state index contributed by atoms with van der Waals surface area (Å²) in [5.41, 5.74) is 1.69. The molecule has 1 atom stereocenters. The Bertz CT molecular complexity index is 629. The molecule has 1 unspecified atom stereocenters. The van der Waals surface area contributed by atoms with E-state index in [2.05, 4.69) is 5.10 Å². The Morgan fingerprint density at radius 3 is 2.38 bits per heavy atom. The number of hydrogen-bond acceptors (Lipinski definition) is 3. The Morgan fingerprint density at radius 2 is 1.95 bits per heavy atom. The normalized spacial score (nSPS) is 21.1. The molecule has 1 aliphatic carbocycles. The quantitative estimate of drug-likeness (QED) is 0.928. The van der Waals surface area contributed by atoms with Crippen LogP contribution in [0, 0.1) is 5.41 Å². The number of rotatable bonds is 3. The van der Waals surface area contributed by atoms with Crippen LogP contribution in [0.5, 0.6) is 0 Å². The number of amides is 1. The molecule has 1 aromatic rings. The van der Waals surface area contributed by atoms with Crippen molar-refractivity contribution in [3.8, 4) is 0 Å². The predicted octanol–water partition coefficient (Wildman–Crippen LogP) is 2.83. The van der Waals surface area contributed by atoms with E-state index in [0.717, 1.165) is 30.5 Å². The average Bonchev–Trinajstić information content (AvgIpc) is 2.69. The molecule has 0 saturated heterocycles. The lowest BCUT2D eigenvalue weighted by Crippen LogP contribution is -2.44. The van der Waals surface area contributed by atoms with Crippen molar-refractivity contribution in [1.29, 1.82) is 0 Å². The summed E-state index contributed by atoms with van der Waals surface area (Å²) in [6.45, 7) is 3.85. The third kappa shape index (κ3) is 1.95. The van der Waals surface area contributed by atoms with Crippen molar-refractivity contribution in [2.75, 3.05) is 0 Å². The van der Waals surface area contributed by atoms with E-state index in [0.29, 0.717) is 0 Å². The van der Waals surface area contributed by atoms with E-state index >= 15 is 0 Å². The van der Waals surface area contributed by atoms with Crippen LogP contribution in [-0.2, 0) is 4.79 Å². The van der Waals surface area contributed by atoms with Gasteiger partial charge in [-0.3, -0.25) is 4.79 Å². The number of hydrogen-bond donors (Lipinski definition) is 1. The summed E-state index contributed by atoms with van der Waals surface area (Å²) in [5.74, 6) is -0.866. The van der Waals surface area contributed by atoms with E-state index in [1.54, 1.807) is 29.3 Å². The van der Waals surface area contributed by atoms with Crippen molar-refractivity contribution in [2.24, 2.45) is 10.5 Å². The van der Waals surface area contributed by atoms with Crippen LogP contribution in [0.1, 0.15) is 55.1 Å². The van der Waals surface area contributed by atoms with Crippen LogP contribution in [0.25, 0.3) is 0 Å². The highest BCUT2D eigenvalue weighted by molar-refractivity contribution is 6.12. The van der Waals surface area contributed by atoms with Gasteiger partial charge in [-0.1, -0.05) is 18.6 Å². The fraction of sp³-hybridized carbons (Fsp3) is 0.438. The van der Waals surface area contributed by atoms with Crippen LogP contribution in [0.3, 0.4) is 0 Å². The zero-order valence-corrected chi connectivity index (χ0v) is 12.2. The van der Waals surface area contributed by atoms with E-state index in [9.17, 15) is 9.59 Å². The van der Waals surface area contributed by atoms with E-state index in [1.807, 2.05) is 13.8 Å².